The van der Waals surface area contributed by atoms with E-state index in [0.29, 0.717) is 6.42 Å². The van der Waals surface area contributed by atoms with Gasteiger partial charge in [-0.15, -0.1) is 0 Å². The number of rotatable bonds is 33. The SMILES string of the molecule is CCCCC/C=C\CCCCCCCC(=O)OCC(COP(=O)(O)OC)OC(=O)CCCCCCC/C=C\CCCCCCC. The van der Waals surface area contributed by atoms with Gasteiger partial charge in [0.05, 0.1) is 6.61 Å². The van der Waals surface area contributed by atoms with Crippen molar-refractivity contribution in [1.29, 1.82) is 0 Å². The first-order valence-corrected chi connectivity index (χ1v) is 19.5. The average molecular weight is 659 g/mol. The van der Waals surface area contributed by atoms with Gasteiger partial charge in [-0.25, -0.2) is 4.57 Å². The van der Waals surface area contributed by atoms with Crippen molar-refractivity contribution in [1.82, 2.24) is 0 Å². The molecule has 0 aromatic carbocycles. The van der Waals surface area contributed by atoms with E-state index in [0.717, 1.165) is 77.7 Å². The fourth-order valence-corrected chi connectivity index (χ4v) is 5.28. The Morgan fingerprint density at radius 2 is 1.00 bits per heavy atom. The first-order chi connectivity index (χ1) is 21.8. The largest absolute Gasteiger partial charge is 0.472 e. The van der Waals surface area contributed by atoms with E-state index in [4.69, 9.17) is 14.0 Å². The molecule has 0 aliphatic carbocycles. The van der Waals surface area contributed by atoms with E-state index in [1.807, 2.05) is 0 Å². The molecule has 0 saturated carbocycles. The van der Waals surface area contributed by atoms with Gasteiger partial charge in [-0.3, -0.25) is 18.6 Å². The van der Waals surface area contributed by atoms with E-state index in [1.54, 1.807) is 0 Å². The quantitative estimate of drug-likeness (QED) is 0.0321. The lowest BCUT2D eigenvalue weighted by atomic mass is 10.1. The predicted octanol–water partition coefficient (Wildman–Crippen LogP) is 10.7. The van der Waals surface area contributed by atoms with Crippen molar-refractivity contribution < 1.29 is 37.6 Å². The van der Waals surface area contributed by atoms with Gasteiger partial charge >= 0.3 is 19.8 Å². The highest BCUT2D eigenvalue weighted by atomic mass is 31.2. The number of ether oxygens (including phenoxy) is 2. The maximum Gasteiger partial charge on any atom is 0.472 e. The number of carbonyl (C=O) groups is 2. The molecule has 0 aliphatic rings. The predicted molar refractivity (Wildman–Crippen MR) is 184 cm³/mol. The fourth-order valence-electron chi connectivity index (χ4n) is 4.82. The molecule has 0 aromatic heterocycles. The summed E-state index contributed by atoms with van der Waals surface area (Å²) < 4.78 is 31.8. The lowest BCUT2D eigenvalue weighted by Crippen LogP contribution is -2.29. The molecule has 2 atom stereocenters. The minimum atomic E-state index is -4.25. The topological polar surface area (TPSA) is 108 Å². The van der Waals surface area contributed by atoms with Crippen LogP contribution in [0.4, 0.5) is 0 Å². The summed E-state index contributed by atoms with van der Waals surface area (Å²) in [6, 6.07) is 0. The van der Waals surface area contributed by atoms with Crippen molar-refractivity contribution in [3.8, 4) is 0 Å². The molecule has 0 radical (unpaired) electrons. The van der Waals surface area contributed by atoms with Crippen molar-refractivity contribution in [2.45, 2.75) is 174 Å². The van der Waals surface area contributed by atoms with Gasteiger partial charge in [0.15, 0.2) is 6.10 Å². The van der Waals surface area contributed by atoms with Gasteiger partial charge in [-0.05, 0) is 64.2 Å². The van der Waals surface area contributed by atoms with Gasteiger partial charge in [-0.1, -0.05) is 115 Å². The Morgan fingerprint density at radius 1 is 0.600 bits per heavy atom. The third kappa shape index (κ3) is 32.3. The number of allylic oxidation sites excluding steroid dienone is 4. The van der Waals surface area contributed by atoms with Crippen molar-refractivity contribution in [3.63, 3.8) is 0 Å². The minimum Gasteiger partial charge on any atom is -0.462 e. The molecule has 9 heteroatoms. The van der Waals surface area contributed by atoms with Gasteiger partial charge in [-0.2, -0.15) is 0 Å². The number of hydrogen-bond acceptors (Lipinski definition) is 7. The Hall–Kier alpha value is -1.47. The minimum absolute atomic E-state index is 0.231. The highest BCUT2D eigenvalue weighted by molar-refractivity contribution is 7.47. The summed E-state index contributed by atoms with van der Waals surface area (Å²) in [5.74, 6) is -0.825. The average Bonchev–Trinajstić information content (AvgIpc) is 3.03. The van der Waals surface area contributed by atoms with Crippen LogP contribution in [0.3, 0.4) is 0 Å². The fraction of sp³-hybridized carbons (Fsp3) is 0.833. The summed E-state index contributed by atoms with van der Waals surface area (Å²) in [6.07, 6.45) is 33.7. The Balaban J connectivity index is 4.11. The maximum atomic E-state index is 12.4. The Bertz CT molecular complexity index is 798. The monoisotopic (exact) mass is 658 g/mol. The van der Waals surface area contributed by atoms with E-state index < -0.39 is 26.5 Å². The number of phosphoric ester groups is 1. The molecule has 0 heterocycles. The molecule has 0 aliphatic heterocycles. The second kappa shape index (κ2) is 32.5. The molecule has 45 heavy (non-hydrogen) atoms. The summed E-state index contributed by atoms with van der Waals surface area (Å²) in [6.45, 7) is 3.82. The number of unbranched alkanes of at least 4 members (excludes halogenated alkanes) is 18. The number of esters is 2. The van der Waals surface area contributed by atoms with Gasteiger partial charge in [0.2, 0.25) is 0 Å². The zero-order valence-corrected chi connectivity index (χ0v) is 29.9. The number of phosphoric acid groups is 1. The molecule has 1 N–H and O–H groups in total. The van der Waals surface area contributed by atoms with Crippen LogP contribution in [0.2, 0.25) is 0 Å². The van der Waals surface area contributed by atoms with Gasteiger partial charge in [0.1, 0.15) is 6.61 Å². The first kappa shape index (κ1) is 43.5. The smallest absolute Gasteiger partial charge is 0.462 e. The third-order valence-electron chi connectivity index (χ3n) is 7.67. The number of carbonyl (C=O) groups excluding carboxylic acids is 2. The summed E-state index contributed by atoms with van der Waals surface area (Å²) in [5, 5.41) is 0. The van der Waals surface area contributed by atoms with E-state index in [9.17, 15) is 19.0 Å². The van der Waals surface area contributed by atoms with Crippen LogP contribution in [0.5, 0.6) is 0 Å². The van der Waals surface area contributed by atoms with Gasteiger partial charge < -0.3 is 14.4 Å². The lowest BCUT2D eigenvalue weighted by Gasteiger charge is -2.19. The van der Waals surface area contributed by atoms with Crippen molar-refractivity contribution >= 4 is 19.8 Å². The third-order valence-corrected chi connectivity index (χ3v) is 8.60. The van der Waals surface area contributed by atoms with Crippen molar-refractivity contribution in [3.05, 3.63) is 24.3 Å². The molecular formula is C36H67O8P. The highest BCUT2D eigenvalue weighted by Crippen LogP contribution is 2.42. The zero-order chi connectivity index (χ0) is 33.3. The van der Waals surface area contributed by atoms with Gasteiger partial charge in [0, 0.05) is 20.0 Å². The second-order valence-corrected chi connectivity index (χ2v) is 13.6. The first-order valence-electron chi connectivity index (χ1n) is 18.0. The molecule has 264 valence electrons. The molecule has 0 amide bonds. The Labute approximate surface area is 275 Å². The summed E-state index contributed by atoms with van der Waals surface area (Å²) in [4.78, 5) is 34.2. The summed E-state index contributed by atoms with van der Waals surface area (Å²) in [5.41, 5.74) is 0. The van der Waals surface area contributed by atoms with Crippen LogP contribution in [-0.2, 0) is 32.7 Å². The molecular weight excluding hydrogens is 591 g/mol. The maximum absolute atomic E-state index is 12.4. The van der Waals surface area contributed by atoms with E-state index >= 15 is 0 Å². The van der Waals surface area contributed by atoms with Crippen molar-refractivity contribution in [2.24, 2.45) is 0 Å². The van der Waals surface area contributed by atoms with Crippen LogP contribution >= 0.6 is 7.82 Å². The normalized spacial score (nSPS) is 13.8. The molecule has 0 rings (SSSR count). The van der Waals surface area contributed by atoms with Crippen LogP contribution in [0.25, 0.3) is 0 Å². The van der Waals surface area contributed by atoms with E-state index in [-0.39, 0.29) is 25.4 Å². The highest BCUT2D eigenvalue weighted by Gasteiger charge is 2.24. The lowest BCUT2D eigenvalue weighted by molar-refractivity contribution is -0.161. The second-order valence-electron chi connectivity index (χ2n) is 12.0. The van der Waals surface area contributed by atoms with E-state index in [1.165, 1.54) is 64.2 Å². The molecule has 0 saturated heterocycles. The number of hydrogen-bond donors (Lipinski definition) is 1. The van der Waals surface area contributed by atoms with Crippen LogP contribution < -0.4 is 0 Å². The molecule has 0 spiro atoms. The van der Waals surface area contributed by atoms with Gasteiger partial charge in [0.25, 0.3) is 0 Å². The van der Waals surface area contributed by atoms with Crippen LogP contribution in [-0.4, -0.2) is 43.3 Å². The van der Waals surface area contributed by atoms with Crippen LogP contribution in [0.1, 0.15) is 168 Å². The standard InChI is InChI=1S/C36H67O8P/c1-4-6-8-10-12-14-16-18-19-21-23-25-27-29-31-36(38)44-34(33-43-45(39,40)41-3)32-42-35(37)30-28-26-24-22-20-17-15-13-11-9-7-5-2/h13,15-16,18,34H,4-12,14,17,19-33H2,1-3H3,(H,39,40)/b15-13-,18-16-. The van der Waals surface area contributed by atoms with Crippen LogP contribution in [0, 0.1) is 0 Å². The van der Waals surface area contributed by atoms with E-state index in [2.05, 4.69) is 42.7 Å². The zero-order valence-electron chi connectivity index (χ0n) is 29.0. The summed E-state index contributed by atoms with van der Waals surface area (Å²) >= 11 is 0. The molecule has 0 bridgehead atoms. The molecule has 8 nitrogen and oxygen atoms in total. The Kier molecular flexibility index (Phi) is 31.4. The Morgan fingerprint density at radius 3 is 1.49 bits per heavy atom. The molecule has 0 fully saturated rings. The molecule has 0 aromatic rings. The molecule has 2 unspecified atom stereocenters. The van der Waals surface area contributed by atoms with Crippen molar-refractivity contribution in [2.75, 3.05) is 20.3 Å². The summed E-state index contributed by atoms with van der Waals surface area (Å²) in [7, 11) is -3.20. The van der Waals surface area contributed by atoms with Crippen LogP contribution in [0.15, 0.2) is 24.3 Å².